The van der Waals surface area contributed by atoms with Gasteiger partial charge in [-0.05, 0) is 18.6 Å². The molecule has 1 aliphatic rings. The molecule has 8 heteroatoms. The van der Waals surface area contributed by atoms with E-state index >= 15 is 0 Å². The van der Waals surface area contributed by atoms with Crippen molar-refractivity contribution >= 4 is 27.6 Å². The van der Waals surface area contributed by atoms with Crippen LogP contribution in [0.1, 0.15) is 6.42 Å². The van der Waals surface area contributed by atoms with E-state index < -0.39 is 28.0 Å². The quantitative estimate of drug-likeness (QED) is 0.800. The molecular weight excluding hydrogens is 318 g/mol. The van der Waals surface area contributed by atoms with Gasteiger partial charge in [0.1, 0.15) is 10.6 Å². The van der Waals surface area contributed by atoms with Gasteiger partial charge in [0, 0.05) is 12.1 Å². The van der Waals surface area contributed by atoms with Crippen LogP contribution in [0.3, 0.4) is 0 Å². The van der Waals surface area contributed by atoms with Crippen LogP contribution in [0.4, 0.5) is 0 Å². The molecule has 2 unspecified atom stereocenters. The number of rotatable bonds is 5. The summed E-state index contributed by atoms with van der Waals surface area (Å²) in [6.45, 7) is 0. The summed E-state index contributed by atoms with van der Waals surface area (Å²) in [6.07, 6.45) is 3.18. The first-order valence-corrected chi connectivity index (χ1v) is 7.96. The van der Waals surface area contributed by atoms with Crippen LogP contribution in [0.15, 0.2) is 35.2 Å². The number of aliphatic carboxylic acids is 1. The maximum Gasteiger partial charge on any atom is 0.310 e. The molecule has 0 amide bonds. The second-order valence-corrected chi connectivity index (χ2v) is 6.68. The average molecular weight is 332 g/mol. The van der Waals surface area contributed by atoms with E-state index in [1.165, 1.54) is 31.4 Å². The van der Waals surface area contributed by atoms with E-state index in [2.05, 4.69) is 4.72 Å². The van der Waals surface area contributed by atoms with Crippen LogP contribution in [0, 0.1) is 5.92 Å². The maximum absolute atomic E-state index is 12.3. The van der Waals surface area contributed by atoms with Gasteiger partial charge in [0.2, 0.25) is 10.0 Å². The number of hydrogen-bond donors (Lipinski definition) is 2. The van der Waals surface area contributed by atoms with Crippen LogP contribution in [-0.2, 0) is 14.8 Å². The van der Waals surface area contributed by atoms with Gasteiger partial charge in [-0.15, -0.1) is 0 Å². The molecule has 0 aromatic heterocycles. The van der Waals surface area contributed by atoms with Crippen molar-refractivity contribution in [3.63, 3.8) is 0 Å². The summed E-state index contributed by atoms with van der Waals surface area (Å²) in [5, 5.41) is 8.96. The number of methoxy groups -OCH3 is 1. The highest BCUT2D eigenvalue weighted by molar-refractivity contribution is 7.89. The van der Waals surface area contributed by atoms with Gasteiger partial charge in [-0.2, -0.15) is 0 Å². The van der Waals surface area contributed by atoms with E-state index in [1.54, 1.807) is 6.07 Å². The fraction of sp³-hybridized carbons (Fsp3) is 0.308. The first kappa shape index (κ1) is 15.8. The van der Waals surface area contributed by atoms with Crippen molar-refractivity contribution in [3.05, 3.63) is 35.4 Å². The molecule has 0 saturated carbocycles. The Morgan fingerprint density at radius 3 is 2.71 bits per heavy atom. The lowest BCUT2D eigenvalue weighted by Crippen LogP contribution is -2.33. The molecule has 1 aliphatic carbocycles. The zero-order valence-electron chi connectivity index (χ0n) is 11.1. The number of benzene rings is 1. The summed E-state index contributed by atoms with van der Waals surface area (Å²) in [5.41, 5.74) is 0. The Hall–Kier alpha value is -1.57. The van der Waals surface area contributed by atoms with E-state index in [0.717, 1.165) is 0 Å². The van der Waals surface area contributed by atoms with Crippen molar-refractivity contribution in [1.29, 1.82) is 0 Å². The summed E-state index contributed by atoms with van der Waals surface area (Å²) < 4.78 is 32.1. The van der Waals surface area contributed by atoms with Gasteiger partial charge in [-0.1, -0.05) is 23.8 Å². The van der Waals surface area contributed by atoms with Crippen LogP contribution >= 0.6 is 11.6 Å². The second kappa shape index (κ2) is 6.05. The lowest BCUT2D eigenvalue weighted by Gasteiger charge is -2.14. The standard InChI is InChI=1S/C13H14ClNO5S/c1-20-10-4-5-11(14)12(7-10)21(18,19)15-9-3-2-8(6-9)13(16)17/h2-5,7-9,15H,6H2,1H3,(H,16,17). The fourth-order valence-electron chi connectivity index (χ4n) is 2.05. The third-order valence-electron chi connectivity index (χ3n) is 3.14. The third kappa shape index (κ3) is 3.55. The largest absolute Gasteiger partial charge is 0.497 e. The Morgan fingerprint density at radius 2 is 2.14 bits per heavy atom. The Bertz CT molecular complexity index is 686. The molecule has 1 aromatic rings. The minimum Gasteiger partial charge on any atom is -0.497 e. The fourth-order valence-corrected chi connectivity index (χ4v) is 3.77. The third-order valence-corrected chi connectivity index (χ3v) is 5.11. The second-order valence-electron chi connectivity index (χ2n) is 4.59. The van der Waals surface area contributed by atoms with Crippen molar-refractivity contribution < 1.29 is 23.1 Å². The molecule has 6 nitrogen and oxygen atoms in total. The maximum atomic E-state index is 12.3. The number of halogens is 1. The first-order chi connectivity index (χ1) is 9.83. The molecule has 0 spiro atoms. The minimum atomic E-state index is -3.86. The summed E-state index contributed by atoms with van der Waals surface area (Å²) in [5.74, 6) is -1.30. The molecule has 0 saturated heterocycles. The molecule has 0 aliphatic heterocycles. The SMILES string of the molecule is COc1ccc(Cl)c(S(=O)(=O)NC2C=CC(C(=O)O)C2)c1. The number of hydrogen-bond acceptors (Lipinski definition) is 4. The highest BCUT2D eigenvalue weighted by Crippen LogP contribution is 2.27. The van der Waals surface area contributed by atoms with Gasteiger partial charge in [0.15, 0.2) is 0 Å². The molecule has 21 heavy (non-hydrogen) atoms. The molecule has 2 N–H and O–H groups in total. The van der Waals surface area contributed by atoms with Crippen molar-refractivity contribution in [1.82, 2.24) is 4.72 Å². The van der Waals surface area contributed by atoms with E-state index in [4.69, 9.17) is 21.4 Å². The lowest BCUT2D eigenvalue weighted by molar-refractivity contribution is -0.140. The van der Waals surface area contributed by atoms with Crippen molar-refractivity contribution in [2.75, 3.05) is 7.11 Å². The molecule has 2 atom stereocenters. The molecule has 0 heterocycles. The van der Waals surface area contributed by atoms with Gasteiger partial charge >= 0.3 is 5.97 Å². The normalized spacial score (nSPS) is 21.4. The first-order valence-electron chi connectivity index (χ1n) is 6.10. The van der Waals surface area contributed by atoms with Gasteiger partial charge in [-0.25, -0.2) is 13.1 Å². The van der Waals surface area contributed by atoms with Crippen LogP contribution in [0.5, 0.6) is 5.75 Å². The van der Waals surface area contributed by atoms with Crippen molar-refractivity contribution in [3.8, 4) is 5.75 Å². The lowest BCUT2D eigenvalue weighted by atomic mass is 10.1. The number of carbonyl (C=O) groups is 1. The smallest absolute Gasteiger partial charge is 0.310 e. The van der Waals surface area contributed by atoms with Gasteiger partial charge in [0.05, 0.1) is 18.1 Å². The van der Waals surface area contributed by atoms with E-state index in [1.807, 2.05) is 0 Å². The van der Waals surface area contributed by atoms with Gasteiger partial charge in [-0.3, -0.25) is 4.79 Å². The molecule has 0 fully saturated rings. The van der Waals surface area contributed by atoms with E-state index in [9.17, 15) is 13.2 Å². The number of nitrogens with one attached hydrogen (secondary N) is 1. The summed E-state index contributed by atoms with van der Waals surface area (Å²) in [6, 6.07) is 3.73. The molecule has 1 aromatic carbocycles. The molecular formula is C13H14ClNO5S. The summed E-state index contributed by atoms with van der Waals surface area (Å²) in [7, 11) is -2.44. The highest BCUT2D eigenvalue weighted by atomic mass is 35.5. The molecule has 114 valence electrons. The topological polar surface area (TPSA) is 92.7 Å². The number of carboxylic acid groups (broad SMARTS) is 1. The molecule has 0 bridgehead atoms. The summed E-state index contributed by atoms with van der Waals surface area (Å²) in [4.78, 5) is 10.8. The Balaban J connectivity index is 2.20. The average Bonchev–Trinajstić information content (AvgIpc) is 2.87. The Kier molecular flexibility index (Phi) is 4.55. The van der Waals surface area contributed by atoms with Crippen LogP contribution in [0.2, 0.25) is 5.02 Å². The van der Waals surface area contributed by atoms with Crippen molar-refractivity contribution in [2.24, 2.45) is 5.92 Å². The van der Waals surface area contributed by atoms with Gasteiger partial charge < -0.3 is 9.84 Å². The predicted molar refractivity (Wildman–Crippen MR) is 77.0 cm³/mol. The van der Waals surface area contributed by atoms with E-state index in [-0.39, 0.29) is 16.3 Å². The van der Waals surface area contributed by atoms with Crippen molar-refractivity contribution in [2.45, 2.75) is 17.4 Å². The Labute approximate surface area is 127 Å². The van der Waals surface area contributed by atoms with Crippen LogP contribution < -0.4 is 9.46 Å². The van der Waals surface area contributed by atoms with Gasteiger partial charge in [0.25, 0.3) is 0 Å². The highest BCUT2D eigenvalue weighted by Gasteiger charge is 2.29. The molecule has 0 radical (unpaired) electrons. The molecule has 2 rings (SSSR count). The van der Waals surface area contributed by atoms with Crippen LogP contribution in [0.25, 0.3) is 0 Å². The predicted octanol–water partition coefficient (Wildman–Crippen LogP) is 1.66. The summed E-state index contributed by atoms with van der Waals surface area (Å²) >= 11 is 5.92. The zero-order chi connectivity index (χ0) is 15.6. The van der Waals surface area contributed by atoms with E-state index in [0.29, 0.717) is 5.75 Å². The monoisotopic (exact) mass is 331 g/mol. The van der Waals surface area contributed by atoms with Crippen LogP contribution in [-0.4, -0.2) is 32.6 Å². The number of ether oxygens (including phenoxy) is 1. The number of carboxylic acids is 1. The zero-order valence-corrected chi connectivity index (χ0v) is 12.7. The Morgan fingerprint density at radius 1 is 1.43 bits per heavy atom. The minimum absolute atomic E-state index is 0.0695. The number of sulfonamides is 1.